The minimum atomic E-state index is -0.715. The minimum absolute atomic E-state index is 0.146. The number of likely N-dealkylation sites (N-methyl/N-ethyl adjacent to an activating group) is 2. The van der Waals surface area contributed by atoms with Gasteiger partial charge in [-0.25, -0.2) is 14.8 Å². The van der Waals surface area contributed by atoms with Crippen LogP contribution in [-0.2, 0) is 9.53 Å². The van der Waals surface area contributed by atoms with Gasteiger partial charge in [-0.3, -0.25) is 9.69 Å². The Morgan fingerprint density at radius 3 is 2.33 bits per heavy atom. The van der Waals surface area contributed by atoms with Crippen LogP contribution in [0.15, 0.2) is 30.7 Å². The summed E-state index contributed by atoms with van der Waals surface area (Å²) >= 11 is 0. The molecule has 0 saturated carbocycles. The van der Waals surface area contributed by atoms with Crippen LogP contribution < -0.4 is 15.2 Å². The summed E-state index contributed by atoms with van der Waals surface area (Å²) in [6.45, 7) is 6.90. The lowest BCUT2D eigenvalue weighted by Crippen LogP contribution is -2.49. The van der Waals surface area contributed by atoms with E-state index in [9.17, 15) is 9.59 Å². The van der Waals surface area contributed by atoms with Crippen LogP contribution in [0.5, 0.6) is 11.5 Å². The number of amides is 2. The molecule has 1 aliphatic rings. The van der Waals surface area contributed by atoms with E-state index in [-0.39, 0.29) is 24.3 Å². The third-order valence-electron chi connectivity index (χ3n) is 7.18. The standard InChI is InChI=1S/C31H41N7O5/c1-31(2,3)43-30(40)38-18-22(15-25(38)29(39)36(6)12-11-35(4)5)37-17-21(26-27(32)33-19-34-28(26)37)10-9-20-13-23(41-7)16-24(14-20)42-8/h13-14,16-17,19,22,25H,11-12,15,18H2,1-8H3,(H2,32,33,34). The molecule has 1 aromatic carbocycles. The zero-order chi connectivity index (χ0) is 31.5. The number of carbonyl (C=O) groups excluding carboxylic acids is 2. The number of nitrogens with zero attached hydrogens (tertiary/aromatic N) is 6. The molecule has 0 bridgehead atoms. The van der Waals surface area contributed by atoms with Gasteiger partial charge in [-0.05, 0) is 53.4 Å². The topological polar surface area (TPSA) is 128 Å². The molecule has 4 rings (SSSR count). The SMILES string of the molecule is COc1cc(C#Cc2cn(C3CC(C(=O)N(C)CCN(C)C)N(C(=O)OC(C)(C)C)C3)c3ncnc(N)c23)cc(OC)c1. The maximum atomic E-state index is 13.7. The van der Waals surface area contributed by atoms with Crippen LogP contribution in [0.1, 0.15) is 44.4 Å². The quantitative estimate of drug-likeness (QED) is 0.413. The lowest BCUT2D eigenvalue weighted by atomic mass is 10.1. The van der Waals surface area contributed by atoms with Crippen LogP contribution in [0.3, 0.4) is 0 Å². The van der Waals surface area contributed by atoms with Gasteiger partial charge in [-0.1, -0.05) is 11.8 Å². The van der Waals surface area contributed by atoms with E-state index in [0.29, 0.717) is 53.2 Å². The van der Waals surface area contributed by atoms with Gasteiger partial charge in [0.1, 0.15) is 40.9 Å². The zero-order valence-corrected chi connectivity index (χ0v) is 26.2. The van der Waals surface area contributed by atoms with Gasteiger partial charge >= 0.3 is 6.09 Å². The average Bonchev–Trinajstić information content (AvgIpc) is 3.56. The summed E-state index contributed by atoms with van der Waals surface area (Å²) in [6.07, 6.45) is 3.10. The van der Waals surface area contributed by atoms with Crippen LogP contribution in [0.2, 0.25) is 0 Å². The Labute approximate surface area is 252 Å². The van der Waals surface area contributed by atoms with E-state index in [1.54, 1.807) is 53.0 Å². The van der Waals surface area contributed by atoms with Crippen molar-refractivity contribution in [2.45, 2.75) is 44.9 Å². The fraction of sp³-hybridized carbons (Fsp3) is 0.484. The number of aromatic nitrogens is 3. The predicted octanol–water partition coefficient (Wildman–Crippen LogP) is 3.00. The Morgan fingerprint density at radius 1 is 1.05 bits per heavy atom. The summed E-state index contributed by atoms with van der Waals surface area (Å²) in [5.74, 6) is 7.76. The van der Waals surface area contributed by atoms with Crippen LogP contribution >= 0.6 is 0 Å². The van der Waals surface area contributed by atoms with Gasteiger partial charge in [0.2, 0.25) is 5.91 Å². The number of benzene rings is 1. The maximum Gasteiger partial charge on any atom is 0.411 e. The molecule has 2 amide bonds. The van der Waals surface area contributed by atoms with E-state index >= 15 is 0 Å². The Kier molecular flexibility index (Phi) is 9.35. The highest BCUT2D eigenvalue weighted by molar-refractivity contribution is 5.93. The predicted molar refractivity (Wildman–Crippen MR) is 164 cm³/mol. The smallest absolute Gasteiger partial charge is 0.411 e. The second kappa shape index (κ2) is 12.8. The summed E-state index contributed by atoms with van der Waals surface area (Å²) < 4.78 is 18.4. The van der Waals surface area contributed by atoms with Gasteiger partial charge in [-0.2, -0.15) is 0 Å². The number of nitrogens with two attached hydrogens (primary N) is 1. The number of anilines is 1. The van der Waals surface area contributed by atoms with Gasteiger partial charge in [0, 0.05) is 44.5 Å². The highest BCUT2D eigenvalue weighted by atomic mass is 16.6. The molecule has 0 spiro atoms. The van der Waals surface area contributed by atoms with E-state index in [1.807, 2.05) is 41.9 Å². The molecule has 1 aliphatic heterocycles. The molecule has 1 fully saturated rings. The van der Waals surface area contributed by atoms with E-state index in [2.05, 4.69) is 21.8 Å². The molecular formula is C31H41N7O5. The minimum Gasteiger partial charge on any atom is -0.497 e. The maximum absolute atomic E-state index is 13.7. The molecule has 230 valence electrons. The van der Waals surface area contributed by atoms with Crippen molar-refractivity contribution in [1.29, 1.82) is 0 Å². The Balaban J connectivity index is 1.73. The lowest BCUT2D eigenvalue weighted by molar-refractivity contribution is -0.134. The molecule has 3 heterocycles. The molecular weight excluding hydrogens is 550 g/mol. The van der Waals surface area contributed by atoms with Crippen LogP contribution in [0.25, 0.3) is 11.0 Å². The number of methoxy groups -OCH3 is 2. The first kappa shape index (κ1) is 31.4. The van der Waals surface area contributed by atoms with Crippen molar-refractivity contribution >= 4 is 28.9 Å². The fourth-order valence-electron chi connectivity index (χ4n) is 4.99. The first-order valence-corrected chi connectivity index (χ1v) is 14.1. The molecule has 2 atom stereocenters. The fourth-order valence-corrected chi connectivity index (χ4v) is 4.99. The molecule has 12 heteroatoms. The van der Waals surface area contributed by atoms with E-state index in [4.69, 9.17) is 19.9 Å². The number of rotatable bonds is 7. The zero-order valence-electron chi connectivity index (χ0n) is 26.2. The van der Waals surface area contributed by atoms with Crippen LogP contribution in [0.4, 0.5) is 10.6 Å². The third kappa shape index (κ3) is 7.29. The van der Waals surface area contributed by atoms with Crippen molar-refractivity contribution in [1.82, 2.24) is 29.2 Å². The molecule has 43 heavy (non-hydrogen) atoms. The number of fused-ring (bicyclic) bond motifs is 1. The molecule has 1 saturated heterocycles. The summed E-state index contributed by atoms with van der Waals surface area (Å²) in [4.78, 5) is 40.9. The van der Waals surface area contributed by atoms with Gasteiger partial charge in [0.25, 0.3) is 0 Å². The lowest BCUT2D eigenvalue weighted by Gasteiger charge is -2.30. The highest BCUT2D eigenvalue weighted by Gasteiger charge is 2.43. The second-order valence-corrected chi connectivity index (χ2v) is 11.9. The molecule has 0 aliphatic carbocycles. The van der Waals surface area contributed by atoms with Crippen molar-refractivity contribution in [2.24, 2.45) is 0 Å². The summed E-state index contributed by atoms with van der Waals surface area (Å²) in [5, 5.41) is 0.603. The van der Waals surface area contributed by atoms with Gasteiger partial charge in [-0.15, -0.1) is 0 Å². The van der Waals surface area contributed by atoms with Crippen molar-refractivity contribution in [3.05, 3.63) is 41.9 Å². The molecule has 12 nitrogen and oxygen atoms in total. The summed E-state index contributed by atoms with van der Waals surface area (Å²) in [5.41, 5.74) is 7.50. The molecule has 0 radical (unpaired) electrons. The van der Waals surface area contributed by atoms with Crippen LogP contribution in [-0.4, -0.2) is 108 Å². The Bertz CT molecular complexity index is 1530. The first-order chi connectivity index (χ1) is 20.3. The van der Waals surface area contributed by atoms with Gasteiger partial charge < -0.3 is 34.3 Å². The molecule has 2 aromatic heterocycles. The third-order valence-corrected chi connectivity index (χ3v) is 7.18. The summed E-state index contributed by atoms with van der Waals surface area (Å²) in [6, 6.07) is 4.41. The number of carbonyl (C=O) groups is 2. The summed E-state index contributed by atoms with van der Waals surface area (Å²) in [7, 11) is 8.82. The first-order valence-electron chi connectivity index (χ1n) is 14.1. The van der Waals surface area contributed by atoms with Gasteiger partial charge in [0.05, 0.1) is 31.2 Å². The van der Waals surface area contributed by atoms with E-state index in [1.165, 1.54) is 11.2 Å². The van der Waals surface area contributed by atoms with Crippen molar-refractivity contribution < 1.29 is 23.8 Å². The second-order valence-electron chi connectivity index (χ2n) is 11.9. The van der Waals surface area contributed by atoms with Crippen molar-refractivity contribution in [3.8, 4) is 23.3 Å². The Hall–Kier alpha value is -4.50. The highest BCUT2D eigenvalue weighted by Crippen LogP contribution is 2.35. The van der Waals surface area contributed by atoms with Crippen molar-refractivity contribution in [3.63, 3.8) is 0 Å². The monoisotopic (exact) mass is 591 g/mol. The largest absolute Gasteiger partial charge is 0.497 e. The Morgan fingerprint density at radius 2 is 1.72 bits per heavy atom. The number of hydrogen-bond acceptors (Lipinski definition) is 9. The molecule has 2 unspecified atom stereocenters. The van der Waals surface area contributed by atoms with Crippen molar-refractivity contribution in [2.75, 3.05) is 60.7 Å². The van der Waals surface area contributed by atoms with Crippen LogP contribution in [0, 0.1) is 11.8 Å². The molecule has 3 aromatic rings. The van der Waals surface area contributed by atoms with E-state index in [0.717, 1.165) is 0 Å². The molecule has 2 N–H and O–H groups in total. The number of nitrogen functional groups attached to an aromatic ring is 1. The van der Waals surface area contributed by atoms with E-state index < -0.39 is 17.7 Å². The number of ether oxygens (including phenoxy) is 3. The number of hydrogen-bond donors (Lipinski definition) is 1. The number of likely N-dealkylation sites (tertiary alicyclic amines) is 1. The normalized spacial score (nSPS) is 16.6. The average molecular weight is 592 g/mol. The van der Waals surface area contributed by atoms with Gasteiger partial charge in [0.15, 0.2) is 0 Å².